The van der Waals surface area contributed by atoms with E-state index in [9.17, 15) is 0 Å². The van der Waals surface area contributed by atoms with Crippen molar-refractivity contribution < 1.29 is 0 Å². The van der Waals surface area contributed by atoms with Crippen molar-refractivity contribution in [2.75, 3.05) is 0 Å². The Morgan fingerprint density at radius 2 is 2.00 bits per heavy atom. The Labute approximate surface area is 117 Å². The standard InChI is InChI=1S/C11H8BrCl2N3/c12-7-3-4-8(13)9(5-7)17-10(6-1-2-6)15-16-11(17)14/h3-6H,1-2H2. The molecule has 1 aliphatic rings. The molecule has 1 fully saturated rings. The summed E-state index contributed by atoms with van der Waals surface area (Å²) in [5, 5.41) is 9.05. The molecule has 1 aliphatic carbocycles. The third-order valence-corrected chi connectivity index (χ3v) is 3.80. The van der Waals surface area contributed by atoms with Gasteiger partial charge in [-0.1, -0.05) is 27.5 Å². The van der Waals surface area contributed by atoms with E-state index in [2.05, 4.69) is 26.1 Å². The van der Waals surface area contributed by atoms with Crippen LogP contribution in [0.15, 0.2) is 22.7 Å². The first-order valence-corrected chi connectivity index (χ1v) is 6.78. The summed E-state index contributed by atoms with van der Waals surface area (Å²) in [7, 11) is 0. The molecule has 0 aliphatic heterocycles. The Bertz CT molecular complexity index is 578. The first-order valence-electron chi connectivity index (χ1n) is 5.23. The summed E-state index contributed by atoms with van der Waals surface area (Å²) in [4.78, 5) is 0. The van der Waals surface area contributed by atoms with Crippen LogP contribution in [0.4, 0.5) is 0 Å². The lowest BCUT2D eigenvalue weighted by atomic mass is 10.3. The number of hydrogen-bond donors (Lipinski definition) is 0. The van der Waals surface area contributed by atoms with Crippen LogP contribution in [-0.4, -0.2) is 14.8 Å². The third-order valence-electron chi connectivity index (χ3n) is 2.74. The fourth-order valence-corrected chi connectivity index (χ4v) is 2.53. The second-order valence-corrected chi connectivity index (χ2v) is 5.69. The predicted molar refractivity (Wildman–Crippen MR) is 71.1 cm³/mol. The molecular weight excluding hydrogens is 325 g/mol. The zero-order valence-corrected chi connectivity index (χ0v) is 11.8. The van der Waals surface area contributed by atoms with Crippen molar-refractivity contribution in [3.05, 3.63) is 38.8 Å². The van der Waals surface area contributed by atoms with E-state index in [4.69, 9.17) is 23.2 Å². The minimum atomic E-state index is 0.354. The Morgan fingerprint density at radius 1 is 1.24 bits per heavy atom. The summed E-state index contributed by atoms with van der Waals surface area (Å²) >= 11 is 15.7. The molecule has 0 amide bonds. The first-order chi connectivity index (χ1) is 8.16. The maximum absolute atomic E-state index is 6.20. The minimum absolute atomic E-state index is 0.354. The highest BCUT2D eigenvalue weighted by molar-refractivity contribution is 9.10. The van der Waals surface area contributed by atoms with Crippen LogP contribution in [-0.2, 0) is 0 Å². The minimum Gasteiger partial charge on any atom is -0.268 e. The number of halogens is 3. The molecular formula is C11H8BrCl2N3. The molecule has 17 heavy (non-hydrogen) atoms. The highest BCUT2D eigenvalue weighted by Crippen LogP contribution is 2.41. The number of benzene rings is 1. The highest BCUT2D eigenvalue weighted by atomic mass is 79.9. The van der Waals surface area contributed by atoms with E-state index in [0.29, 0.717) is 16.2 Å². The van der Waals surface area contributed by atoms with Crippen LogP contribution in [0.25, 0.3) is 5.69 Å². The van der Waals surface area contributed by atoms with Crippen LogP contribution >= 0.6 is 39.1 Å². The van der Waals surface area contributed by atoms with Gasteiger partial charge in [0.15, 0.2) is 0 Å². The lowest BCUT2D eigenvalue weighted by Crippen LogP contribution is -2.01. The maximum Gasteiger partial charge on any atom is 0.229 e. The van der Waals surface area contributed by atoms with E-state index in [1.807, 2.05) is 22.8 Å². The molecule has 1 aromatic carbocycles. The van der Waals surface area contributed by atoms with Gasteiger partial charge in [0, 0.05) is 10.4 Å². The smallest absolute Gasteiger partial charge is 0.229 e. The van der Waals surface area contributed by atoms with E-state index in [1.54, 1.807) is 0 Å². The summed E-state index contributed by atoms with van der Waals surface area (Å²) < 4.78 is 2.77. The molecule has 1 aromatic heterocycles. The molecule has 3 rings (SSSR count). The SMILES string of the molecule is Clc1ccc(Br)cc1-n1c(Cl)nnc1C1CC1. The van der Waals surface area contributed by atoms with Gasteiger partial charge < -0.3 is 0 Å². The molecule has 3 nitrogen and oxygen atoms in total. The van der Waals surface area contributed by atoms with Crippen LogP contribution < -0.4 is 0 Å². The molecule has 0 saturated heterocycles. The Hall–Kier alpha value is -0.580. The summed E-state index contributed by atoms with van der Waals surface area (Å²) in [5.74, 6) is 1.36. The molecule has 0 spiro atoms. The molecule has 0 N–H and O–H groups in total. The van der Waals surface area contributed by atoms with E-state index >= 15 is 0 Å². The van der Waals surface area contributed by atoms with Gasteiger partial charge in [-0.3, -0.25) is 4.57 Å². The van der Waals surface area contributed by atoms with Gasteiger partial charge in [0.25, 0.3) is 0 Å². The zero-order chi connectivity index (χ0) is 12.0. The molecule has 2 aromatic rings. The van der Waals surface area contributed by atoms with Crippen molar-refractivity contribution in [2.45, 2.75) is 18.8 Å². The van der Waals surface area contributed by atoms with Crippen LogP contribution in [0.1, 0.15) is 24.6 Å². The van der Waals surface area contributed by atoms with Gasteiger partial charge in [0.1, 0.15) is 5.82 Å². The van der Waals surface area contributed by atoms with Crippen molar-refractivity contribution in [3.63, 3.8) is 0 Å². The van der Waals surface area contributed by atoms with Gasteiger partial charge in [-0.25, -0.2) is 0 Å². The average molecular weight is 333 g/mol. The fourth-order valence-electron chi connectivity index (χ4n) is 1.76. The summed E-state index contributed by atoms with van der Waals surface area (Å²) in [6.07, 6.45) is 2.28. The molecule has 88 valence electrons. The van der Waals surface area contributed by atoms with Gasteiger partial charge >= 0.3 is 0 Å². The van der Waals surface area contributed by atoms with Gasteiger partial charge in [0.05, 0.1) is 10.7 Å². The van der Waals surface area contributed by atoms with Gasteiger partial charge in [-0.15, -0.1) is 10.2 Å². The Kier molecular flexibility index (Phi) is 2.89. The predicted octanol–water partition coefficient (Wildman–Crippen LogP) is 4.21. The van der Waals surface area contributed by atoms with Crippen LogP contribution in [0.2, 0.25) is 10.3 Å². The molecule has 6 heteroatoms. The van der Waals surface area contributed by atoms with Crippen molar-refractivity contribution >= 4 is 39.1 Å². The number of nitrogens with zero attached hydrogens (tertiary/aromatic N) is 3. The topological polar surface area (TPSA) is 30.7 Å². The van der Waals surface area contributed by atoms with Crippen LogP contribution in [0.5, 0.6) is 0 Å². The molecule has 0 unspecified atom stereocenters. The van der Waals surface area contributed by atoms with Crippen LogP contribution in [0, 0.1) is 0 Å². The summed E-state index contributed by atoms with van der Waals surface area (Å²) in [5.41, 5.74) is 0.818. The van der Waals surface area contributed by atoms with E-state index < -0.39 is 0 Å². The average Bonchev–Trinajstić information content (AvgIpc) is 3.07. The molecule has 0 atom stereocenters. The van der Waals surface area contributed by atoms with Crippen molar-refractivity contribution in [1.29, 1.82) is 0 Å². The Balaban J connectivity index is 2.19. The van der Waals surface area contributed by atoms with Crippen LogP contribution in [0.3, 0.4) is 0 Å². The molecule has 1 saturated carbocycles. The largest absolute Gasteiger partial charge is 0.268 e. The van der Waals surface area contributed by atoms with Gasteiger partial charge in [-0.05, 0) is 42.6 Å². The fraction of sp³-hybridized carbons (Fsp3) is 0.273. The number of aromatic nitrogens is 3. The van der Waals surface area contributed by atoms with E-state index in [-0.39, 0.29) is 0 Å². The second-order valence-electron chi connectivity index (χ2n) is 4.03. The van der Waals surface area contributed by atoms with Crippen molar-refractivity contribution in [2.24, 2.45) is 0 Å². The molecule has 0 radical (unpaired) electrons. The molecule has 1 heterocycles. The monoisotopic (exact) mass is 331 g/mol. The van der Waals surface area contributed by atoms with E-state index in [0.717, 1.165) is 28.8 Å². The van der Waals surface area contributed by atoms with Crippen molar-refractivity contribution in [3.8, 4) is 5.69 Å². The normalized spacial score (nSPS) is 15.2. The zero-order valence-electron chi connectivity index (χ0n) is 8.70. The maximum atomic E-state index is 6.20. The number of hydrogen-bond acceptors (Lipinski definition) is 2. The summed E-state index contributed by atoms with van der Waals surface area (Å²) in [6.45, 7) is 0. The van der Waals surface area contributed by atoms with Gasteiger partial charge in [-0.2, -0.15) is 0 Å². The van der Waals surface area contributed by atoms with Gasteiger partial charge in [0.2, 0.25) is 5.28 Å². The lowest BCUT2D eigenvalue weighted by molar-refractivity contribution is 0.871. The Morgan fingerprint density at radius 3 is 2.71 bits per heavy atom. The summed E-state index contributed by atoms with van der Waals surface area (Å²) in [6, 6.07) is 5.64. The quantitative estimate of drug-likeness (QED) is 0.824. The lowest BCUT2D eigenvalue weighted by Gasteiger charge is -2.09. The number of rotatable bonds is 2. The molecule has 0 bridgehead atoms. The van der Waals surface area contributed by atoms with E-state index in [1.165, 1.54) is 0 Å². The van der Waals surface area contributed by atoms with Crippen molar-refractivity contribution in [1.82, 2.24) is 14.8 Å². The first kappa shape index (κ1) is 11.5. The third kappa shape index (κ3) is 2.09. The second kappa shape index (κ2) is 4.26. The highest BCUT2D eigenvalue weighted by Gasteiger charge is 2.31.